The first kappa shape index (κ1) is 17.1. The van der Waals surface area contributed by atoms with Crippen molar-refractivity contribution in [3.63, 3.8) is 0 Å². The molecule has 2 heterocycles. The highest BCUT2D eigenvalue weighted by Gasteiger charge is 2.21. The highest BCUT2D eigenvalue weighted by atomic mass is 16.1. The van der Waals surface area contributed by atoms with Crippen molar-refractivity contribution in [2.45, 2.75) is 38.5 Å². The number of piperazine rings is 1. The molecule has 6 heteroatoms. The summed E-state index contributed by atoms with van der Waals surface area (Å²) in [6.07, 6.45) is 10.5. The third-order valence-electron chi connectivity index (χ3n) is 5.13. The maximum atomic E-state index is 12.1. The molecule has 0 aromatic carbocycles. The zero-order valence-electron chi connectivity index (χ0n) is 14.5. The van der Waals surface area contributed by atoms with Gasteiger partial charge in [0.15, 0.2) is 0 Å². The Hall–Kier alpha value is -1.69. The van der Waals surface area contributed by atoms with Crippen molar-refractivity contribution >= 4 is 11.9 Å². The minimum Gasteiger partial charge on any atom is -0.356 e. The molecule has 1 aliphatic carbocycles. The molecule has 6 nitrogen and oxygen atoms in total. The Labute approximate surface area is 144 Å². The van der Waals surface area contributed by atoms with Gasteiger partial charge in [0.05, 0.1) is 0 Å². The topological polar surface area (TPSA) is 61.4 Å². The molecule has 1 amide bonds. The normalized spacial score (nSPS) is 20.1. The second-order valence-electron chi connectivity index (χ2n) is 6.86. The molecule has 2 fully saturated rings. The van der Waals surface area contributed by atoms with Crippen molar-refractivity contribution in [1.82, 2.24) is 20.2 Å². The van der Waals surface area contributed by atoms with Gasteiger partial charge >= 0.3 is 0 Å². The maximum absolute atomic E-state index is 12.1. The molecule has 1 aromatic heterocycles. The minimum atomic E-state index is 0.271. The fraction of sp³-hybridized carbons (Fsp3) is 0.722. The summed E-state index contributed by atoms with van der Waals surface area (Å²) >= 11 is 0. The number of carbonyl (C=O) groups excluding carboxylic acids is 1. The molecule has 1 saturated heterocycles. The lowest BCUT2D eigenvalue weighted by molar-refractivity contribution is -0.125. The van der Waals surface area contributed by atoms with E-state index in [0.717, 1.165) is 64.5 Å². The lowest BCUT2D eigenvalue weighted by Gasteiger charge is -2.34. The number of carbonyl (C=O) groups is 1. The number of aromatic nitrogens is 2. The van der Waals surface area contributed by atoms with E-state index in [1.165, 1.54) is 19.3 Å². The summed E-state index contributed by atoms with van der Waals surface area (Å²) in [5.41, 5.74) is 0. The van der Waals surface area contributed by atoms with Gasteiger partial charge in [-0.15, -0.1) is 0 Å². The maximum Gasteiger partial charge on any atom is 0.225 e. The minimum absolute atomic E-state index is 0.271. The van der Waals surface area contributed by atoms with E-state index in [0.29, 0.717) is 0 Å². The molecule has 0 spiro atoms. The molecule has 1 saturated carbocycles. The number of amides is 1. The molecule has 0 atom stereocenters. The van der Waals surface area contributed by atoms with Crippen LogP contribution in [0.15, 0.2) is 18.5 Å². The molecule has 0 unspecified atom stereocenters. The Morgan fingerprint density at radius 1 is 1.08 bits per heavy atom. The van der Waals surface area contributed by atoms with Crippen LogP contribution in [0.3, 0.4) is 0 Å². The first-order valence-electron chi connectivity index (χ1n) is 9.35. The second kappa shape index (κ2) is 8.97. The lowest BCUT2D eigenvalue weighted by Crippen LogP contribution is -2.47. The number of hydrogen-bond acceptors (Lipinski definition) is 5. The van der Waals surface area contributed by atoms with E-state index < -0.39 is 0 Å². The number of nitrogens with one attached hydrogen (secondary N) is 1. The van der Waals surface area contributed by atoms with Gasteiger partial charge < -0.3 is 10.2 Å². The van der Waals surface area contributed by atoms with Gasteiger partial charge in [0.25, 0.3) is 0 Å². The van der Waals surface area contributed by atoms with Gasteiger partial charge in [0.1, 0.15) is 0 Å². The fourth-order valence-electron chi connectivity index (χ4n) is 3.65. The van der Waals surface area contributed by atoms with E-state index in [9.17, 15) is 4.79 Å². The standard InChI is InChI=1S/C18H29N5O/c24-17(16-6-2-1-3-7-16)19-10-5-11-22-12-14-23(15-13-22)18-20-8-4-9-21-18/h4,8-9,16H,1-3,5-7,10-15H2,(H,19,24). The molecule has 24 heavy (non-hydrogen) atoms. The summed E-state index contributed by atoms with van der Waals surface area (Å²) in [5, 5.41) is 3.13. The molecule has 132 valence electrons. The fourth-order valence-corrected chi connectivity index (χ4v) is 3.65. The highest BCUT2D eigenvalue weighted by Crippen LogP contribution is 2.23. The Kier molecular flexibility index (Phi) is 6.41. The number of hydrogen-bond donors (Lipinski definition) is 1. The Balaban J connectivity index is 1.29. The smallest absolute Gasteiger partial charge is 0.225 e. The van der Waals surface area contributed by atoms with Crippen molar-refractivity contribution in [2.24, 2.45) is 5.92 Å². The monoisotopic (exact) mass is 331 g/mol. The lowest BCUT2D eigenvalue weighted by atomic mass is 9.89. The van der Waals surface area contributed by atoms with E-state index in [2.05, 4.69) is 25.1 Å². The van der Waals surface area contributed by atoms with Gasteiger partial charge in [-0.1, -0.05) is 19.3 Å². The van der Waals surface area contributed by atoms with Crippen molar-refractivity contribution in [1.29, 1.82) is 0 Å². The summed E-state index contributed by atoms with van der Waals surface area (Å²) in [6, 6.07) is 1.85. The number of nitrogens with zero attached hydrogens (tertiary/aromatic N) is 4. The predicted octanol–water partition coefficient (Wildman–Crippen LogP) is 1.69. The van der Waals surface area contributed by atoms with Crippen molar-refractivity contribution in [2.75, 3.05) is 44.2 Å². The van der Waals surface area contributed by atoms with Gasteiger partial charge in [0.2, 0.25) is 11.9 Å². The molecule has 1 N–H and O–H groups in total. The SMILES string of the molecule is O=C(NCCCN1CCN(c2ncccn2)CC1)C1CCCCC1. The first-order valence-corrected chi connectivity index (χ1v) is 9.35. The van der Waals surface area contributed by atoms with Crippen LogP contribution in [0, 0.1) is 5.92 Å². The van der Waals surface area contributed by atoms with E-state index in [1.54, 1.807) is 12.4 Å². The first-order chi connectivity index (χ1) is 11.8. The Morgan fingerprint density at radius 2 is 1.79 bits per heavy atom. The molecular formula is C18H29N5O. The quantitative estimate of drug-likeness (QED) is 0.804. The number of anilines is 1. The van der Waals surface area contributed by atoms with E-state index >= 15 is 0 Å². The van der Waals surface area contributed by atoms with Gasteiger partial charge in [0, 0.05) is 51.0 Å². The van der Waals surface area contributed by atoms with Crippen LogP contribution in [0.4, 0.5) is 5.95 Å². The predicted molar refractivity (Wildman–Crippen MR) is 94.9 cm³/mol. The summed E-state index contributed by atoms with van der Waals surface area (Å²) in [5.74, 6) is 1.38. The van der Waals surface area contributed by atoms with Crippen molar-refractivity contribution in [3.05, 3.63) is 18.5 Å². The van der Waals surface area contributed by atoms with E-state index in [1.807, 2.05) is 6.07 Å². The third-order valence-corrected chi connectivity index (χ3v) is 5.13. The van der Waals surface area contributed by atoms with Crippen LogP contribution in [0.1, 0.15) is 38.5 Å². The largest absolute Gasteiger partial charge is 0.356 e. The summed E-state index contributed by atoms with van der Waals surface area (Å²) in [6.45, 7) is 5.87. The molecule has 3 rings (SSSR count). The van der Waals surface area contributed by atoms with Crippen LogP contribution in [0.5, 0.6) is 0 Å². The summed E-state index contributed by atoms with van der Waals surface area (Å²) < 4.78 is 0. The van der Waals surface area contributed by atoms with E-state index in [4.69, 9.17) is 0 Å². The van der Waals surface area contributed by atoms with Crippen molar-refractivity contribution < 1.29 is 4.79 Å². The summed E-state index contributed by atoms with van der Waals surface area (Å²) in [4.78, 5) is 25.4. The Bertz CT molecular complexity index is 495. The van der Waals surface area contributed by atoms with Crippen LogP contribution in [-0.2, 0) is 4.79 Å². The second-order valence-corrected chi connectivity index (χ2v) is 6.86. The molecular weight excluding hydrogens is 302 g/mol. The molecule has 1 aromatic rings. The van der Waals surface area contributed by atoms with Gasteiger partial charge in [-0.3, -0.25) is 9.69 Å². The average molecular weight is 331 g/mol. The Morgan fingerprint density at radius 3 is 2.50 bits per heavy atom. The molecule has 0 bridgehead atoms. The van der Waals surface area contributed by atoms with Crippen LogP contribution in [0.2, 0.25) is 0 Å². The van der Waals surface area contributed by atoms with Gasteiger partial charge in [-0.2, -0.15) is 0 Å². The molecule has 1 aliphatic heterocycles. The molecule has 0 radical (unpaired) electrons. The third kappa shape index (κ3) is 4.90. The van der Waals surface area contributed by atoms with Crippen LogP contribution < -0.4 is 10.2 Å². The summed E-state index contributed by atoms with van der Waals surface area (Å²) in [7, 11) is 0. The highest BCUT2D eigenvalue weighted by molar-refractivity contribution is 5.78. The van der Waals surface area contributed by atoms with Crippen LogP contribution >= 0.6 is 0 Å². The zero-order valence-corrected chi connectivity index (χ0v) is 14.5. The van der Waals surface area contributed by atoms with E-state index in [-0.39, 0.29) is 11.8 Å². The zero-order chi connectivity index (χ0) is 16.6. The van der Waals surface area contributed by atoms with Gasteiger partial charge in [-0.25, -0.2) is 9.97 Å². The number of rotatable bonds is 6. The van der Waals surface area contributed by atoms with Crippen molar-refractivity contribution in [3.8, 4) is 0 Å². The van der Waals surface area contributed by atoms with Crippen LogP contribution in [-0.4, -0.2) is 60.0 Å². The molecule has 2 aliphatic rings. The average Bonchev–Trinajstić information content (AvgIpc) is 2.67. The van der Waals surface area contributed by atoms with Crippen LogP contribution in [0.25, 0.3) is 0 Å². The van der Waals surface area contributed by atoms with Gasteiger partial charge in [-0.05, 0) is 31.9 Å².